The van der Waals surface area contributed by atoms with Crippen LogP contribution in [0.2, 0.25) is 0 Å². The summed E-state index contributed by atoms with van der Waals surface area (Å²) in [7, 11) is 0. The standard InChI is InChI=1S/C39H28N2/c1-39(2)31-19-10-18-27-26-16-8-13-23-14-9-17-28(34(23)26)30-21-25(22-32(39)36(30)35(27)31)38-40-33-20-7-6-15-29(33)37(41-38)24-11-4-3-5-12-24/h3-22,37H,1-2H3,(H,40,41). The first kappa shape index (κ1) is 22.8. The molecule has 2 heteroatoms. The summed E-state index contributed by atoms with van der Waals surface area (Å²) in [5.41, 5.74) is 15.3. The van der Waals surface area contributed by atoms with Crippen molar-refractivity contribution in [1.29, 1.82) is 0 Å². The maximum absolute atomic E-state index is 5.40. The van der Waals surface area contributed by atoms with Crippen LogP contribution in [0.25, 0.3) is 44.2 Å². The predicted octanol–water partition coefficient (Wildman–Crippen LogP) is 9.76. The first-order valence-electron chi connectivity index (χ1n) is 14.4. The molecule has 0 bridgehead atoms. The number of amidine groups is 1. The van der Waals surface area contributed by atoms with Crippen LogP contribution in [0.5, 0.6) is 0 Å². The number of aliphatic imine (C=N–C) groups is 1. The van der Waals surface area contributed by atoms with Crippen LogP contribution in [-0.4, -0.2) is 5.84 Å². The van der Waals surface area contributed by atoms with Crippen molar-refractivity contribution in [3.63, 3.8) is 0 Å². The van der Waals surface area contributed by atoms with E-state index in [1.807, 2.05) is 0 Å². The van der Waals surface area contributed by atoms with Crippen LogP contribution in [0.1, 0.15) is 47.7 Å². The molecule has 2 nitrogen and oxygen atoms in total. The Hall–Kier alpha value is -4.95. The molecule has 194 valence electrons. The van der Waals surface area contributed by atoms with Crippen molar-refractivity contribution in [2.75, 3.05) is 5.32 Å². The fourth-order valence-electron chi connectivity index (χ4n) is 7.50. The Labute approximate surface area is 240 Å². The van der Waals surface area contributed by atoms with E-state index >= 15 is 0 Å². The Morgan fingerprint density at radius 1 is 0.610 bits per heavy atom. The van der Waals surface area contributed by atoms with Gasteiger partial charge in [-0.3, -0.25) is 4.99 Å². The van der Waals surface area contributed by atoms with E-state index in [0.29, 0.717) is 0 Å². The molecule has 1 heterocycles. The molecule has 1 N–H and O–H groups in total. The van der Waals surface area contributed by atoms with E-state index in [1.54, 1.807) is 0 Å². The molecule has 0 amide bonds. The zero-order valence-corrected chi connectivity index (χ0v) is 23.1. The van der Waals surface area contributed by atoms with Gasteiger partial charge in [-0.15, -0.1) is 0 Å². The third-order valence-corrected chi connectivity index (χ3v) is 9.44. The fourth-order valence-corrected chi connectivity index (χ4v) is 7.50. The highest BCUT2D eigenvalue weighted by Crippen LogP contribution is 2.58. The van der Waals surface area contributed by atoms with Gasteiger partial charge in [-0.1, -0.05) is 117 Å². The van der Waals surface area contributed by atoms with E-state index in [1.165, 1.54) is 66.4 Å². The molecule has 1 aliphatic heterocycles. The predicted molar refractivity (Wildman–Crippen MR) is 171 cm³/mol. The summed E-state index contributed by atoms with van der Waals surface area (Å²) in [6.45, 7) is 4.75. The number of benzene rings is 6. The van der Waals surface area contributed by atoms with Crippen molar-refractivity contribution in [1.82, 2.24) is 0 Å². The maximum atomic E-state index is 5.40. The zero-order chi connectivity index (χ0) is 27.3. The van der Waals surface area contributed by atoms with Crippen LogP contribution in [0.4, 0.5) is 5.69 Å². The topological polar surface area (TPSA) is 24.4 Å². The molecule has 41 heavy (non-hydrogen) atoms. The Morgan fingerprint density at radius 2 is 1.29 bits per heavy atom. The van der Waals surface area contributed by atoms with E-state index in [2.05, 4.69) is 140 Å². The van der Waals surface area contributed by atoms with E-state index in [9.17, 15) is 0 Å². The Morgan fingerprint density at radius 3 is 2.12 bits per heavy atom. The molecule has 9 rings (SSSR count). The Balaban J connectivity index is 1.36. The van der Waals surface area contributed by atoms with Crippen molar-refractivity contribution in [2.45, 2.75) is 25.3 Å². The first-order chi connectivity index (χ1) is 20.1. The van der Waals surface area contributed by atoms with Crippen LogP contribution in [-0.2, 0) is 5.41 Å². The summed E-state index contributed by atoms with van der Waals surface area (Å²) in [5.74, 6) is 0.924. The molecule has 0 saturated carbocycles. The van der Waals surface area contributed by atoms with Gasteiger partial charge in [0.1, 0.15) is 11.9 Å². The highest BCUT2D eigenvalue weighted by Gasteiger charge is 2.41. The molecule has 6 aromatic rings. The van der Waals surface area contributed by atoms with Gasteiger partial charge < -0.3 is 5.32 Å². The van der Waals surface area contributed by atoms with E-state index < -0.39 is 0 Å². The van der Waals surface area contributed by atoms with Crippen molar-refractivity contribution in [2.24, 2.45) is 4.99 Å². The van der Waals surface area contributed by atoms with Gasteiger partial charge in [0, 0.05) is 22.2 Å². The van der Waals surface area contributed by atoms with Crippen molar-refractivity contribution < 1.29 is 0 Å². The monoisotopic (exact) mass is 524 g/mol. The number of para-hydroxylation sites is 1. The molecular weight excluding hydrogens is 496 g/mol. The van der Waals surface area contributed by atoms with Gasteiger partial charge in [-0.05, 0) is 79.0 Å². The van der Waals surface area contributed by atoms with Gasteiger partial charge in [0.15, 0.2) is 0 Å². The van der Waals surface area contributed by atoms with Crippen LogP contribution < -0.4 is 5.32 Å². The van der Waals surface area contributed by atoms with Gasteiger partial charge in [-0.2, -0.15) is 0 Å². The fraction of sp³-hybridized carbons (Fsp3) is 0.103. The molecule has 0 radical (unpaired) electrons. The third kappa shape index (κ3) is 3.05. The van der Waals surface area contributed by atoms with Crippen LogP contribution >= 0.6 is 0 Å². The summed E-state index contributed by atoms with van der Waals surface area (Å²) in [6.07, 6.45) is 0. The largest absolute Gasteiger partial charge is 0.340 e. The lowest BCUT2D eigenvalue weighted by molar-refractivity contribution is 0.660. The molecule has 6 aromatic carbocycles. The van der Waals surface area contributed by atoms with Crippen LogP contribution in [0.15, 0.2) is 126 Å². The number of nitrogens with one attached hydrogen (secondary N) is 1. The van der Waals surface area contributed by atoms with Crippen LogP contribution in [0, 0.1) is 0 Å². The molecule has 0 spiro atoms. The highest BCUT2D eigenvalue weighted by atomic mass is 15.0. The molecule has 1 atom stereocenters. The van der Waals surface area contributed by atoms with Gasteiger partial charge in [0.05, 0.1) is 0 Å². The average Bonchev–Trinajstić information content (AvgIpc) is 3.18. The summed E-state index contributed by atoms with van der Waals surface area (Å²) in [5, 5.41) is 6.34. The van der Waals surface area contributed by atoms with Gasteiger partial charge >= 0.3 is 0 Å². The molecule has 0 aromatic heterocycles. The SMILES string of the molecule is CC1(C)c2cccc3c2-c2c(cc(C4=NC(c5ccccc5)c5ccccc5N4)cc21)-c1cccc2cccc-3c12. The Bertz CT molecular complexity index is 2090. The molecule has 1 unspecified atom stereocenters. The molecule has 0 fully saturated rings. The lowest BCUT2D eigenvalue weighted by Crippen LogP contribution is -2.23. The van der Waals surface area contributed by atoms with Gasteiger partial charge in [-0.25, -0.2) is 0 Å². The minimum atomic E-state index is -0.127. The maximum Gasteiger partial charge on any atom is 0.133 e. The van der Waals surface area contributed by atoms with E-state index in [0.717, 1.165) is 17.1 Å². The molecule has 2 aliphatic carbocycles. The average molecular weight is 525 g/mol. The van der Waals surface area contributed by atoms with Gasteiger partial charge in [0.25, 0.3) is 0 Å². The van der Waals surface area contributed by atoms with Crippen LogP contribution in [0.3, 0.4) is 0 Å². The number of hydrogen-bond acceptors (Lipinski definition) is 2. The van der Waals surface area contributed by atoms with Gasteiger partial charge in [0.2, 0.25) is 0 Å². The Kier molecular flexibility index (Phi) is 4.48. The quantitative estimate of drug-likeness (QED) is 0.239. The lowest BCUT2D eigenvalue weighted by Gasteiger charge is -2.28. The minimum absolute atomic E-state index is 0.0583. The summed E-state index contributed by atoms with van der Waals surface area (Å²) in [4.78, 5) is 5.40. The number of nitrogens with zero attached hydrogens (tertiary/aromatic N) is 1. The number of fused-ring (bicyclic) bond motifs is 3. The number of anilines is 1. The number of hydrogen-bond donors (Lipinski definition) is 1. The second-order valence-corrected chi connectivity index (χ2v) is 12.0. The summed E-state index contributed by atoms with van der Waals surface area (Å²) in [6, 6.07) is 44.3. The summed E-state index contributed by atoms with van der Waals surface area (Å²) >= 11 is 0. The second-order valence-electron chi connectivity index (χ2n) is 12.0. The van der Waals surface area contributed by atoms with E-state index in [-0.39, 0.29) is 11.5 Å². The first-order valence-corrected chi connectivity index (χ1v) is 14.4. The van der Waals surface area contributed by atoms with Crippen molar-refractivity contribution >= 4 is 22.3 Å². The normalized spacial score (nSPS) is 16.8. The third-order valence-electron chi connectivity index (χ3n) is 9.44. The molecule has 0 saturated heterocycles. The minimum Gasteiger partial charge on any atom is -0.340 e. The summed E-state index contributed by atoms with van der Waals surface area (Å²) < 4.78 is 0. The lowest BCUT2D eigenvalue weighted by atomic mass is 9.80. The van der Waals surface area contributed by atoms with Crippen molar-refractivity contribution in [3.8, 4) is 33.4 Å². The molecular formula is C39H28N2. The smallest absolute Gasteiger partial charge is 0.133 e. The number of rotatable bonds is 2. The zero-order valence-electron chi connectivity index (χ0n) is 23.1. The second kappa shape index (κ2) is 8.05. The van der Waals surface area contributed by atoms with Crippen molar-refractivity contribution in [3.05, 3.63) is 149 Å². The highest BCUT2D eigenvalue weighted by molar-refractivity contribution is 6.18. The van der Waals surface area contributed by atoms with E-state index in [4.69, 9.17) is 4.99 Å². The molecule has 3 aliphatic rings.